The summed E-state index contributed by atoms with van der Waals surface area (Å²) in [4.78, 5) is 12.0. The number of carbonyl (C=O) groups excluding carboxylic acids is 1. The molecule has 1 N–H and O–H groups in total. The third kappa shape index (κ3) is 4.01. The van der Waals surface area contributed by atoms with Crippen molar-refractivity contribution >= 4 is 12.1 Å². The molecule has 25 heavy (non-hydrogen) atoms. The van der Waals surface area contributed by atoms with Gasteiger partial charge in [0, 0.05) is 5.56 Å². The lowest BCUT2D eigenvalue weighted by Crippen LogP contribution is -2.19. The number of nitrogens with zero attached hydrogens (tertiary/aromatic N) is 3. The first kappa shape index (κ1) is 16.6. The number of hydrogen-bond acceptors (Lipinski definition) is 3. The molecule has 0 bridgehead atoms. The number of para-hydroxylation sites is 1. The Morgan fingerprint density at radius 3 is 2.40 bits per heavy atom. The van der Waals surface area contributed by atoms with Gasteiger partial charge < -0.3 is 0 Å². The van der Waals surface area contributed by atoms with Crippen molar-refractivity contribution in [2.24, 2.45) is 5.10 Å². The van der Waals surface area contributed by atoms with E-state index in [1.165, 1.54) is 0 Å². The summed E-state index contributed by atoms with van der Waals surface area (Å²) in [7, 11) is 0. The fourth-order valence-corrected chi connectivity index (χ4v) is 2.65. The lowest BCUT2D eigenvalue weighted by Gasteiger charge is -2.03. The van der Waals surface area contributed by atoms with Crippen molar-refractivity contribution in [1.82, 2.24) is 15.2 Å². The monoisotopic (exact) mass is 332 g/mol. The van der Waals surface area contributed by atoms with E-state index in [1.807, 2.05) is 79.2 Å². The summed E-state index contributed by atoms with van der Waals surface area (Å²) < 4.78 is 1.88. The number of hydrazone groups is 1. The van der Waals surface area contributed by atoms with E-state index < -0.39 is 0 Å². The molecule has 3 rings (SSSR count). The minimum absolute atomic E-state index is 0.145. The molecule has 2 aromatic carbocycles. The second kappa shape index (κ2) is 7.57. The molecule has 126 valence electrons. The first-order valence-corrected chi connectivity index (χ1v) is 8.12. The van der Waals surface area contributed by atoms with Crippen LogP contribution in [-0.4, -0.2) is 21.9 Å². The lowest BCUT2D eigenvalue weighted by atomic mass is 10.1. The molecule has 0 aliphatic rings. The standard InChI is InChI=1S/C20H20N4O/c1-15-19(16(2)24(23-15)18-11-7-4-8-12-18)14-21-22-20(25)13-17-9-5-3-6-10-17/h3-12,14H,13H2,1-2H3,(H,22,25)/b21-14+. The third-order valence-electron chi connectivity index (χ3n) is 3.94. The van der Waals surface area contributed by atoms with Crippen LogP contribution in [0, 0.1) is 13.8 Å². The van der Waals surface area contributed by atoms with Crippen LogP contribution in [0.15, 0.2) is 65.8 Å². The maximum atomic E-state index is 12.0. The molecular formula is C20H20N4O. The Balaban J connectivity index is 1.70. The fourth-order valence-electron chi connectivity index (χ4n) is 2.65. The van der Waals surface area contributed by atoms with Crippen LogP contribution in [0.1, 0.15) is 22.5 Å². The van der Waals surface area contributed by atoms with E-state index in [9.17, 15) is 4.79 Å². The normalized spacial score (nSPS) is 11.0. The largest absolute Gasteiger partial charge is 0.273 e. The van der Waals surface area contributed by atoms with E-state index in [-0.39, 0.29) is 5.91 Å². The van der Waals surface area contributed by atoms with Gasteiger partial charge in [-0.25, -0.2) is 10.1 Å². The van der Waals surface area contributed by atoms with E-state index in [2.05, 4.69) is 15.6 Å². The molecule has 0 atom stereocenters. The molecule has 0 saturated heterocycles. The van der Waals surface area contributed by atoms with Crippen molar-refractivity contribution in [2.45, 2.75) is 20.3 Å². The van der Waals surface area contributed by atoms with E-state index >= 15 is 0 Å². The Hall–Kier alpha value is -3.21. The van der Waals surface area contributed by atoms with Crippen LogP contribution >= 0.6 is 0 Å². The highest BCUT2D eigenvalue weighted by atomic mass is 16.2. The summed E-state index contributed by atoms with van der Waals surface area (Å²) in [6.45, 7) is 3.92. The van der Waals surface area contributed by atoms with Gasteiger partial charge in [0.05, 0.1) is 29.7 Å². The van der Waals surface area contributed by atoms with Gasteiger partial charge in [-0.1, -0.05) is 48.5 Å². The summed E-state index contributed by atoms with van der Waals surface area (Å²) in [6.07, 6.45) is 1.96. The van der Waals surface area contributed by atoms with Crippen molar-refractivity contribution in [2.75, 3.05) is 0 Å². The zero-order valence-electron chi connectivity index (χ0n) is 14.3. The van der Waals surface area contributed by atoms with Crippen LogP contribution in [0.2, 0.25) is 0 Å². The molecule has 0 spiro atoms. The number of rotatable bonds is 5. The molecule has 1 heterocycles. The highest BCUT2D eigenvalue weighted by Crippen LogP contribution is 2.16. The van der Waals surface area contributed by atoms with Gasteiger partial charge in [0.25, 0.3) is 0 Å². The molecule has 1 aromatic heterocycles. The molecule has 1 amide bonds. The van der Waals surface area contributed by atoms with Gasteiger partial charge in [-0.2, -0.15) is 10.2 Å². The summed E-state index contributed by atoms with van der Waals surface area (Å²) in [6, 6.07) is 19.5. The summed E-state index contributed by atoms with van der Waals surface area (Å²) in [5.41, 5.74) is 7.28. The van der Waals surface area contributed by atoms with Crippen molar-refractivity contribution in [1.29, 1.82) is 0 Å². The van der Waals surface area contributed by atoms with Gasteiger partial charge >= 0.3 is 0 Å². The average molecular weight is 332 g/mol. The van der Waals surface area contributed by atoms with Crippen molar-refractivity contribution in [3.05, 3.63) is 83.2 Å². The van der Waals surface area contributed by atoms with Crippen LogP contribution in [0.4, 0.5) is 0 Å². The quantitative estimate of drug-likeness (QED) is 0.576. The molecule has 3 aromatic rings. The Morgan fingerprint density at radius 2 is 1.72 bits per heavy atom. The van der Waals surface area contributed by atoms with Gasteiger partial charge in [-0.3, -0.25) is 4.79 Å². The van der Waals surface area contributed by atoms with Gasteiger partial charge in [-0.15, -0.1) is 0 Å². The minimum Gasteiger partial charge on any atom is -0.273 e. The molecule has 0 fully saturated rings. The minimum atomic E-state index is -0.145. The summed E-state index contributed by atoms with van der Waals surface area (Å²) >= 11 is 0. The Morgan fingerprint density at radius 1 is 1.08 bits per heavy atom. The first-order valence-electron chi connectivity index (χ1n) is 8.12. The maximum absolute atomic E-state index is 12.0. The predicted octanol–water partition coefficient (Wildman–Crippen LogP) is 3.18. The average Bonchev–Trinajstić information content (AvgIpc) is 2.91. The number of nitrogens with one attached hydrogen (secondary N) is 1. The van der Waals surface area contributed by atoms with Gasteiger partial charge in [-0.05, 0) is 31.5 Å². The lowest BCUT2D eigenvalue weighted by molar-refractivity contribution is -0.120. The summed E-state index contributed by atoms with van der Waals surface area (Å²) in [5, 5.41) is 8.65. The smallest absolute Gasteiger partial charge is 0.244 e. The van der Waals surface area contributed by atoms with E-state index in [1.54, 1.807) is 6.21 Å². The van der Waals surface area contributed by atoms with E-state index in [4.69, 9.17) is 0 Å². The topological polar surface area (TPSA) is 59.3 Å². The third-order valence-corrected chi connectivity index (χ3v) is 3.94. The Kier molecular flexibility index (Phi) is 5.04. The second-order valence-electron chi connectivity index (χ2n) is 5.79. The molecule has 0 saturated carbocycles. The van der Waals surface area contributed by atoms with Crippen LogP contribution in [0.3, 0.4) is 0 Å². The van der Waals surface area contributed by atoms with Crippen LogP contribution in [0.25, 0.3) is 5.69 Å². The maximum Gasteiger partial charge on any atom is 0.244 e. The molecular weight excluding hydrogens is 312 g/mol. The van der Waals surface area contributed by atoms with Crippen LogP contribution in [-0.2, 0) is 11.2 Å². The van der Waals surface area contributed by atoms with E-state index in [0.29, 0.717) is 6.42 Å². The number of hydrogen-bond donors (Lipinski definition) is 1. The van der Waals surface area contributed by atoms with Gasteiger partial charge in [0.1, 0.15) is 0 Å². The predicted molar refractivity (Wildman–Crippen MR) is 98.9 cm³/mol. The molecule has 0 aliphatic heterocycles. The zero-order valence-corrected chi connectivity index (χ0v) is 14.3. The number of amides is 1. The van der Waals surface area contributed by atoms with Crippen LogP contribution < -0.4 is 5.43 Å². The molecule has 0 radical (unpaired) electrons. The van der Waals surface area contributed by atoms with Gasteiger partial charge in [0.2, 0.25) is 5.91 Å². The number of carbonyl (C=O) groups is 1. The highest BCUT2D eigenvalue weighted by Gasteiger charge is 2.11. The molecule has 0 unspecified atom stereocenters. The number of aromatic nitrogens is 2. The molecule has 5 heteroatoms. The number of benzene rings is 2. The molecule has 5 nitrogen and oxygen atoms in total. The van der Waals surface area contributed by atoms with Crippen molar-refractivity contribution in [3.63, 3.8) is 0 Å². The van der Waals surface area contributed by atoms with Crippen LogP contribution in [0.5, 0.6) is 0 Å². The number of aryl methyl sites for hydroxylation is 1. The highest BCUT2D eigenvalue weighted by molar-refractivity contribution is 5.85. The van der Waals surface area contributed by atoms with Gasteiger partial charge in [0.15, 0.2) is 0 Å². The fraction of sp³-hybridized carbons (Fsp3) is 0.150. The Labute approximate surface area is 147 Å². The first-order chi connectivity index (χ1) is 12.1. The van der Waals surface area contributed by atoms with E-state index in [0.717, 1.165) is 28.2 Å². The molecule has 0 aliphatic carbocycles. The SMILES string of the molecule is Cc1nn(-c2ccccc2)c(C)c1/C=N/NC(=O)Cc1ccccc1. The van der Waals surface area contributed by atoms with Crippen molar-refractivity contribution < 1.29 is 4.79 Å². The summed E-state index contributed by atoms with van der Waals surface area (Å²) in [5.74, 6) is -0.145. The zero-order chi connectivity index (χ0) is 17.6. The second-order valence-corrected chi connectivity index (χ2v) is 5.79. The van der Waals surface area contributed by atoms with Crippen molar-refractivity contribution in [3.8, 4) is 5.69 Å². The Bertz CT molecular complexity index is 883.